The molecule has 1 aromatic carbocycles. The zero-order valence-electron chi connectivity index (χ0n) is 9.71. The average Bonchev–Trinajstić information content (AvgIpc) is 2.26. The van der Waals surface area contributed by atoms with Crippen LogP contribution in [0.25, 0.3) is 0 Å². The van der Waals surface area contributed by atoms with E-state index in [2.05, 4.69) is 19.2 Å². The first-order valence-electron chi connectivity index (χ1n) is 5.54. The molecule has 0 radical (unpaired) electrons. The number of anilines is 1. The van der Waals surface area contributed by atoms with Crippen LogP contribution in [0.4, 0.5) is 5.69 Å². The quantitative estimate of drug-likeness (QED) is 0.745. The van der Waals surface area contributed by atoms with Gasteiger partial charge in [-0.05, 0) is 44.0 Å². The number of benzene rings is 1. The average molecular weight is 205 g/mol. The SMILES string of the molecule is CCC(CC)Nc1ccc(C(C)=O)cc1. The molecule has 0 aliphatic heterocycles. The Morgan fingerprint density at radius 3 is 2.13 bits per heavy atom. The summed E-state index contributed by atoms with van der Waals surface area (Å²) in [5.41, 5.74) is 1.86. The zero-order chi connectivity index (χ0) is 11.3. The van der Waals surface area contributed by atoms with Crippen molar-refractivity contribution in [2.24, 2.45) is 0 Å². The lowest BCUT2D eigenvalue weighted by atomic mass is 10.1. The van der Waals surface area contributed by atoms with Crippen LogP contribution in [-0.4, -0.2) is 11.8 Å². The summed E-state index contributed by atoms with van der Waals surface area (Å²) in [6.07, 6.45) is 2.23. The lowest BCUT2D eigenvalue weighted by Crippen LogP contribution is -2.16. The molecule has 0 saturated heterocycles. The number of carbonyl (C=O) groups excluding carboxylic acids is 1. The molecule has 15 heavy (non-hydrogen) atoms. The number of Topliss-reactive ketones (excluding diaryl/α,β-unsaturated/α-hetero) is 1. The van der Waals surface area contributed by atoms with Gasteiger partial charge in [-0.3, -0.25) is 4.79 Å². The van der Waals surface area contributed by atoms with Gasteiger partial charge in [0.15, 0.2) is 5.78 Å². The minimum absolute atomic E-state index is 0.115. The summed E-state index contributed by atoms with van der Waals surface area (Å²) in [6, 6.07) is 8.19. The molecule has 0 amide bonds. The summed E-state index contributed by atoms with van der Waals surface area (Å²) in [6.45, 7) is 5.93. The molecule has 0 atom stereocenters. The maximum absolute atomic E-state index is 11.1. The standard InChI is InChI=1S/C13H19NO/c1-4-12(5-2)14-13-8-6-11(7-9-13)10(3)15/h6-9,12,14H,4-5H2,1-3H3. The molecular weight excluding hydrogens is 186 g/mol. The number of hydrogen-bond donors (Lipinski definition) is 1. The monoisotopic (exact) mass is 205 g/mol. The maximum atomic E-state index is 11.1. The van der Waals surface area contributed by atoms with Crippen LogP contribution in [-0.2, 0) is 0 Å². The molecule has 0 saturated carbocycles. The lowest BCUT2D eigenvalue weighted by Gasteiger charge is -2.16. The Balaban J connectivity index is 2.67. The summed E-state index contributed by atoms with van der Waals surface area (Å²) in [5, 5.41) is 3.43. The predicted octanol–water partition coefficient (Wildman–Crippen LogP) is 3.49. The summed E-state index contributed by atoms with van der Waals surface area (Å²) >= 11 is 0. The van der Waals surface area contributed by atoms with Gasteiger partial charge in [0, 0.05) is 17.3 Å². The molecule has 1 aromatic rings. The Labute approximate surface area is 91.7 Å². The largest absolute Gasteiger partial charge is 0.382 e. The molecule has 2 nitrogen and oxygen atoms in total. The van der Waals surface area contributed by atoms with Crippen LogP contribution in [0.1, 0.15) is 44.0 Å². The highest BCUT2D eigenvalue weighted by molar-refractivity contribution is 5.94. The molecule has 0 aliphatic carbocycles. The van der Waals surface area contributed by atoms with Gasteiger partial charge < -0.3 is 5.32 Å². The molecule has 1 N–H and O–H groups in total. The molecule has 0 fully saturated rings. The van der Waals surface area contributed by atoms with Crippen molar-refractivity contribution in [2.45, 2.75) is 39.7 Å². The van der Waals surface area contributed by atoms with Crippen molar-refractivity contribution >= 4 is 11.5 Å². The third-order valence-electron chi connectivity index (χ3n) is 2.65. The van der Waals surface area contributed by atoms with Gasteiger partial charge in [-0.2, -0.15) is 0 Å². The summed E-state index contributed by atoms with van der Waals surface area (Å²) in [5.74, 6) is 0.115. The van der Waals surface area contributed by atoms with Crippen molar-refractivity contribution < 1.29 is 4.79 Å². The third kappa shape index (κ3) is 3.39. The van der Waals surface area contributed by atoms with Crippen molar-refractivity contribution in [1.82, 2.24) is 0 Å². The normalized spacial score (nSPS) is 10.4. The molecule has 0 aliphatic rings. The summed E-state index contributed by atoms with van der Waals surface area (Å²) < 4.78 is 0. The van der Waals surface area contributed by atoms with Crippen LogP contribution in [0.3, 0.4) is 0 Å². The first kappa shape index (κ1) is 11.8. The van der Waals surface area contributed by atoms with Gasteiger partial charge in [0.1, 0.15) is 0 Å². The lowest BCUT2D eigenvalue weighted by molar-refractivity contribution is 0.101. The fourth-order valence-electron chi connectivity index (χ4n) is 1.53. The second kappa shape index (κ2) is 5.54. The minimum Gasteiger partial charge on any atom is -0.382 e. The van der Waals surface area contributed by atoms with E-state index in [1.807, 2.05) is 24.3 Å². The first-order valence-corrected chi connectivity index (χ1v) is 5.54. The smallest absolute Gasteiger partial charge is 0.159 e. The van der Waals surface area contributed by atoms with E-state index in [0.29, 0.717) is 6.04 Å². The number of ketones is 1. The number of nitrogens with one attached hydrogen (secondary N) is 1. The van der Waals surface area contributed by atoms with Crippen LogP contribution < -0.4 is 5.32 Å². The predicted molar refractivity (Wildman–Crippen MR) is 64.4 cm³/mol. The molecule has 2 heteroatoms. The van der Waals surface area contributed by atoms with Gasteiger partial charge in [0.25, 0.3) is 0 Å². The zero-order valence-corrected chi connectivity index (χ0v) is 9.71. The third-order valence-corrected chi connectivity index (χ3v) is 2.65. The van der Waals surface area contributed by atoms with Gasteiger partial charge in [0.05, 0.1) is 0 Å². The van der Waals surface area contributed by atoms with Gasteiger partial charge >= 0.3 is 0 Å². The maximum Gasteiger partial charge on any atom is 0.159 e. The summed E-state index contributed by atoms with van der Waals surface area (Å²) in [4.78, 5) is 11.1. The van der Waals surface area contributed by atoms with E-state index in [1.165, 1.54) is 0 Å². The van der Waals surface area contributed by atoms with E-state index in [4.69, 9.17) is 0 Å². The van der Waals surface area contributed by atoms with Crippen LogP contribution in [0.5, 0.6) is 0 Å². The highest BCUT2D eigenvalue weighted by Gasteiger charge is 2.03. The van der Waals surface area contributed by atoms with Crippen LogP contribution in [0.15, 0.2) is 24.3 Å². The fourth-order valence-corrected chi connectivity index (χ4v) is 1.53. The fraction of sp³-hybridized carbons (Fsp3) is 0.462. The van der Waals surface area contributed by atoms with E-state index in [9.17, 15) is 4.79 Å². The highest BCUT2D eigenvalue weighted by Crippen LogP contribution is 2.13. The van der Waals surface area contributed by atoms with Gasteiger partial charge in [0.2, 0.25) is 0 Å². The van der Waals surface area contributed by atoms with Gasteiger partial charge in [-0.25, -0.2) is 0 Å². The molecule has 0 heterocycles. The molecule has 82 valence electrons. The van der Waals surface area contributed by atoms with E-state index in [0.717, 1.165) is 24.1 Å². The Morgan fingerprint density at radius 2 is 1.73 bits per heavy atom. The van der Waals surface area contributed by atoms with Crippen LogP contribution >= 0.6 is 0 Å². The molecule has 1 rings (SSSR count). The summed E-state index contributed by atoms with van der Waals surface area (Å²) in [7, 11) is 0. The first-order chi connectivity index (χ1) is 7.17. The molecule has 0 aromatic heterocycles. The number of carbonyl (C=O) groups is 1. The van der Waals surface area contributed by atoms with Gasteiger partial charge in [-0.15, -0.1) is 0 Å². The van der Waals surface area contributed by atoms with E-state index in [1.54, 1.807) is 6.92 Å². The van der Waals surface area contributed by atoms with Gasteiger partial charge in [-0.1, -0.05) is 13.8 Å². The van der Waals surface area contributed by atoms with E-state index in [-0.39, 0.29) is 5.78 Å². The van der Waals surface area contributed by atoms with Crippen molar-refractivity contribution in [3.05, 3.63) is 29.8 Å². The Kier molecular flexibility index (Phi) is 4.35. The van der Waals surface area contributed by atoms with E-state index >= 15 is 0 Å². The van der Waals surface area contributed by atoms with Crippen molar-refractivity contribution in [3.8, 4) is 0 Å². The second-order valence-electron chi connectivity index (χ2n) is 3.79. The Bertz CT molecular complexity index is 312. The van der Waals surface area contributed by atoms with Crippen molar-refractivity contribution in [1.29, 1.82) is 0 Å². The molecule has 0 bridgehead atoms. The van der Waals surface area contributed by atoms with Crippen molar-refractivity contribution in [2.75, 3.05) is 5.32 Å². The molecule has 0 unspecified atom stereocenters. The Hall–Kier alpha value is -1.31. The van der Waals surface area contributed by atoms with E-state index < -0.39 is 0 Å². The minimum atomic E-state index is 0.115. The van der Waals surface area contributed by atoms with Crippen molar-refractivity contribution in [3.63, 3.8) is 0 Å². The molecular formula is C13H19NO. The number of rotatable bonds is 5. The highest BCUT2D eigenvalue weighted by atomic mass is 16.1. The topological polar surface area (TPSA) is 29.1 Å². The molecule has 0 spiro atoms. The second-order valence-corrected chi connectivity index (χ2v) is 3.79. The Morgan fingerprint density at radius 1 is 1.20 bits per heavy atom. The van der Waals surface area contributed by atoms with Crippen LogP contribution in [0, 0.1) is 0 Å². The van der Waals surface area contributed by atoms with Crippen LogP contribution in [0.2, 0.25) is 0 Å². The number of hydrogen-bond acceptors (Lipinski definition) is 2.